The maximum atomic E-state index is 11.2. The summed E-state index contributed by atoms with van der Waals surface area (Å²) in [6, 6.07) is 0. The van der Waals surface area contributed by atoms with Crippen molar-refractivity contribution in [1.29, 1.82) is 0 Å². The minimum atomic E-state index is -0.421. The van der Waals surface area contributed by atoms with Gasteiger partial charge in [0.05, 0.1) is 24.9 Å². The number of alkyl carbamates (subject to hydrolysis) is 1. The number of rotatable bonds is 17. The van der Waals surface area contributed by atoms with Gasteiger partial charge in [0.2, 0.25) is 0 Å². The summed E-state index contributed by atoms with van der Waals surface area (Å²) in [5.74, 6) is 0.176. The molecular weight excluding hydrogens is 510 g/mol. The second-order valence-electron chi connectivity index (χ2n) is 11.5. The Kier molecular flexibility index (Phi) is 16.2. The lowest BCUT2D eigenvalue weighted by molar-refractivity contribution is -0.193. The van der Waals surface area contributed by atoms with Crippen LogP contribution in [0.3, 0.4) is 0 Å². The van der Waals surface area contributed by atoms with E-state index >= 15 is 0 Å². The van der Waals surface area contributed by atoms with Gasteiger partial charge in [-0.05, 0) is 76.5 Å². The summed E-state index contributed by atoms with van der Waals surface area (Å²) in [4.78, 5) is 11.2. The molecule has 230 valence electrons. The van der Waals surface area contributed by atoms with Crippen LogP contribution >= 0.6 is 0 Å². The van der Waals surface area contributed by atoms with Gasteiger partial charge < -0.3 is 34.1 Å². The maximum Gasteiger partial charge on any atom is 0.406 e. The maximum absolute atomic E-state index is 11.2. The second kappa shape index (κ2) is 19.6. The Hall–Kier alpha value is -1.45. The minimum absolute atomic E-state index is 0.00664. The zero-order valence-corrected chi connectivity index (χ0v) is 25.0. The molecule has 1 saturated carbocycles. The number of ether oxygens (including phenoxy) is 5. The summed E-state index contributed by atoms with van der Waals surface area (Å²) in [6.45, 7) is 4.17. The number of unbranched alkanes of at least 4 members (excludes halogenated alkanes) is 4. The van der Waals surface area contributed by atoms with Crippen LogP contribution in [-0.2, 0) is 23.7 Å². The molecule has 3 fully saturated rings. The molecule has 0 spiro atoms. The van der Waals surface area contributed by atoms with Crippen LogP contribution in [0.15, 0.2) is 24.3 Å². The number of carbonyl (C=O) groups excluding carboxylic acids is 1. The fourth-order valence-corrected chi connectivity index (χ4v) is 5.89. The van der Waals surface area contributed by atoms with Crippen molar-refractivity contribution >= 4 is 6.09 Å². The first-order valence-electron chi connectivity index (χ1n) is 16.0. The summed E-state index contributed by atoms with van der Waals surface area (Å²) in [6.07, 6.45) is 22.6. The number of aliphatic hydroxyl groups is 1. The van der Waals surface area contributed by atoms with Crippen molar-refractivity contribution in [2.75, 3.05) is 26.9 Å². The SMILES string of the molecule is CCCCC[C@@H](/C=C/[C@@H]1[C@@H](C/C=C\CCCCOC(=O)NC)[C@@H](O)C[C@H]1OC1CCCCO1)OC1CCCCO1. The van der Waals surface area contributed by atoms with Gasteiger partial charge in [0.1, 0.15) is 0 Å². The zero-order chi connectivity index (χ0) is 28.4. The van der Waals surface area contributed by atoms with Gasteiger partial charge in [0.15, 0.2) is 12.6 Å². The number of aliphatic hydroxyl groups excluding tert-OH is 1. The Bertz CT molecular complexity index is 733. The first-order chi connectivity index (χ1) is 19.6. The van der Waals surface area contributed by atoms with Crippen LogP contribution in [0, 0.1) is 11.8 Å². The standard InChI is InChI=1S/C32H55NO7/c1-3-4-8-15-25(39-30-17-10-13-21-36-30)19-20-27-26(16-9-6-5-7-12-23-38-32(35)33-2)28(34)24-29(27)40-31-18-11-14-22-37-31/h6,9,19-20,25-31,34H,3-5,7-8,10-18,21-24H2,1-2H3,(H,33,35)/b9-6-,20-19+/t25-,26+,27+,28-,29+,30?,31?/m0/s1. The van der Waals surface area contributed by atoms with Crippen molar-refractivity contribution in [1.82, 2.24) is 5.32 Å². The van der Waals surface area contributed by atoms with Gasteiger partial charge in [-0.15, -0.1) is 0 Å². The molecule has 0 bridgehead atoms. The molecule has 8 heteroatoms. The van der Waals surface area contributed by atoms with E-state index in [2.05, 4.69) is 36.5 Å². The van der Waals surface area contributed by atoms with Crippen molar-refractivity contribution in [2.45, 2.75) is 134 Å². The lowest BCUT2D eigenvalue weighted by Gasteiger charge is -2.30. The number of nitrogens with one attached hydrogen (secondary N) is 1. The molecule has 2 aliphatic heterocycles. The summed E-state index contributed by atoms with van der Waals surface area (Å²) in [7, 11) is 1.56. The summed E-state index contributed by atoms with van der Waals surface area (Å²) >= 11 is 0. The monoisotopic (exact) mass is 565 g/mol. The van der Waals surface area contributed by atoms with Gasteiger partial charge in [-0.25, -0.2) is 4.79 Å². The van der Waals surface area contributed by atoms with Crippen molar-refractivity contribution < 1.29 is 33.6 Å². The van der Waals surface area contributed by atoms with Crippen molar-refractivity contribution in [2.24, 2.45) is 11.8 Å². The number of allylic oxidation sites excluding steroid dienone is 2. The van der Waals surface area contributed by atoms with Gasteiger partial charge in [0, 0.05) is 32.6 Å². The Morgan fingerprint density at radius 1 is 1.02 bits per heavy atom. The largest absolute Gasteiger partial charge is 0.450 e. The molecule has 2 heterocycles. The highest BCUT2D eigenvalue weighted by molar-refractivity contribution is 5.66. The third kappa shape index (κ3) is 12.2. The average Bonchev–Trinajstić information content (AvgIpc) is 3.27. The van der Waals surface area contributed by atoms with E-state index < -0.39 is 6.10 Å². The molecule has 2 unspecified atom stereocenters. The molecule has 2 N–H and O–H groups in total. The second-order valence-corrected chi connectivity index (χ2v) is 11.5. The minimum Gasteiger partial charge on any atom is -0.450 e. The number of hydrogen-bond acceptors (Lipinski definition) is 7. The molecule has 1 amide bonds. The highest BCUT2D eigenvalue weighted by atomic mass is 16.7. The molecule has 8 nitrogen and oxygen atoms in total. The molecule has 3 rings (SSSR count). The van der Waals surface area contributed by atoms with Gasteiger partial charge in [-0.3, -0.25) is 0 Å². The van der Waals surface area contributed by atoms with Gasteiger partial charge in [0.25, 0.3) is 0 Å². The summed E-state index contributed by atoms with van der Waals surface area (Å²) in [5.41, 5.74) is 0. The molecule has 2 saturated heterocycles. The Balaban J connectivity index is 1.60. The topological polar surface area (TPSA) is 95.5 Å². The Morgan fingerprint density at radius 2 is 1.80 bits per heavy atom. The van der Waals surface area contributed by atoms with Gasteiger partial charge in [-0.2, -0.15) is 0 Å². The summed E-state index contributed by atoms with van der Waals surface area (Å²) < 4.78 is 29.7. The van der Waals surface area contributed by atoms with E-state index in [1.807, 2.05) is 0 Å². The molecule has 0 aromatic heterocycles. The fourth-order valence-electron chi connectivity index (χ4n) is 5.89. The number of carbonyl (C=O) groups is 1. The van der Waals surface area contributed by atoms with Crippen LogP contribution in [-0.4, -0.2) is 69.0 Å². The third-order valence-electron chi connectivity index (χ3n) is 8.24. The Labute approximate surface area is 242 Å². The van der Waals surface area contributed by atoms with Crippen molar-refractivity contribution in [3.63, 3.8) is 0 Å². The quantitative estimate of drug-likeness (QED) is 0.155. The highest BCUT2D eigenvalue weighted by Gasteiger charge is 2.42. The predicted molar refractivity (Wildman–Crippen MR) is 156 cm³/mol. The van der Waals surface area contributed by atoms with Crippen molar-refractivity contribution in [3.8, 4) is 0 Å². The van der Waals surface area contributed by atoms with Crippen LogP contribution in [0.5, 0.6) is 0 Å². The molecule has 3 aliphatic rings. The number of amides is 1. The van der Waals surface area contributed by atoms with E-state index in [4.69, 9.17) is 23.7 Å². The normalized spacial score (nSPS) is 30.2. The summed E-state index contributed by atoms with van der Waals surface area (Å²) in [5, 5.41) is 13.6. The van der Waals surface area contributed by atoms with Crippen LogP contribution in [0.1, 0.15) is 103 Å². The van der Waals surface area contributed by atoms with E-state index in [1.54, 1.807) is 7.05 Å². The van der Waals surface area contributed by atoms with Gasteiger partial charge in [-0.1, -0.05) is 50.5 Å². The first-order valence-corrected chi connectivity index (χ1v) is 16.0. The van der Waals surface area contributed by atoms with E-state index in [9.17, 15) is 9.90 Å². The van der Waals surface area contributed by atoms with Crippen LogP contribution < -0.4 is 5.32 Å². The number of hydrogen-bond donors (Lipinski definition) is 2. The van der Waals surface area contributed by atoms with Gasteiger partial charge >= 0.3 is 6.09 Å². The van der Waals surface area contributed by atoms with Crippen LogP contribution in [0.4, 0.5) is 4.79 Å². The van der Waals surface area contributed by atoms with Crippen molar-refractivity contribution in [3.05, 3.63) is 24.3 Å². The molecule has 40 heavy (non-hydrogen) atoms. The highest BCUT2D eigenvalue weighted by Crippen LogP contribution is 2.39. The molecule has 7 atom stereocenters. The molecule has 0 aromatic rings. The predicted octanol–water partition coefficient (Wildman–Crippen LogP) is 6.42. The van der Waals surface area contributed by atoms with E-state index in [0.29, 0.717) is 13.0 Å². The molecular formula is C32H55NO7. The van der Waals surface area contributed by atoms with Crippen LogP contribution in [0.2, 0.25) is 0 Å². The average molecular weight is 566 g/mol. The fraction of sp³-hybridized carbons (Fsp3) is 0.844. The van der Waals surface area contributed by atoms with Crippen LogP contribution in [0.25, 0.3) is 0 Å². The zero-order valence-electron chi connectivity index (χ0n) is 25.0. The third-order valence-corrected chi connectivity index (χ3v) is 8.24. The molecule has 0 aromatic carbocycles. The molecule has 0 radical (unpaired) electrons. The smallest absolute Gasteiger partial charge is 0.406 e. The van der Waals surface area contributed by atoms with E-state index in [0.717, 1.165) is 90.3 Å². The van der Waals surface area contributed by atoms with E-state index in [1.165, 1.54) is 12.8 Å². The first kappa shape index (κ1) is 33.1. The lowest BCUT2D eigenvalue weighted by Crippen LogP contribution is -2.31. The van der Waals surface area contributed by atoms with E-state index in [-0.39, 0.29) is 42.7 Å². The Morgan fingerprint density at radius 3 is 2.50 bits per heavy atom. The lowest BCUT2D eigenvalue weighted by atomic mass is 9.89. The molecule has 1 aliphatic carbocycles.